The molecule has 2 aromatic rings. The number of nitrogens with one attached hydrogen (secondary N) is 1. The lowest BCUT2D eigenvalue weighted by Crippen LogP contribution is -2.30. The Balaban J connectivity index is 2.39. The van der Waals surface area contributed by atoms with E-state index in [0.29, 0.717) is 18.8 Å². The largest absolute Gasteiger partial charge is 0.345 e. The summed E-state index contributed by atoms with van der Waals surface area (Å²) in [5.41, 5.74) is 3.26. The standard InChI is InChI=1S/C20H29N3O3S/c1-6-15-11-10-12-16(7-2)19(15)21-20(24)18-13-17(14-22(18)5)27(25,26)23(8-3)9-4/h10-14H,6-9H2,1-5H3,(H,21,24). The van der Waals surface area contributed by atoms with Gasteiger partial charge in [-0.3, -0.25) is 4.79 Å². The number of carbonyl (C=O) groups is 1. The molecule has 0 spiro atoms. The van der Waals surface area contributed by atoms with E-state index in [4.69, 9.17) is 0 Å². The van der Waals surface area contributed by atoms with Gasteiger partial charge in [-0.05, 0) is 30.0 Å². The fourth-order valence-electron chi connectivity index (χ4n) is 3.19. The fourth-order valence-corrected chi connectivity index (χ4v) is 4.72. The van der Waals surface area contributed by atoms with Gasteiger partial charge in [0.15, 0.2) is 0 Å². The number of para-hydroxylation sites is 1. The van der Waals surface area contributed by atoms with Crippen molar-refractivity contribution in [2.24, 2.45) is 7.05 Å². The first-order valence-electron chi connectivity index (χ1n) is 9.38. The van der Waals surface area contributed by atoms with Gasteiger partial charge in [-0.15, -0.1) is 0 Å². The van der Waals surface area contributed by atoms with Gasteiger partial charge in [0.25, 0.3) is 5.91 Å². The Morgan fingerprint density at radius 2 is 1.63 bits per heavy atom. The number of aromatic nitrogens is 1. The van der Waals surface area contributed by atoms with E-state index in [-0.39, 0.29) is 10.8 Å². The van der Waals surface area contributed by atoms with E-state index in [1.165, 1.54) is 16.6 Å². The zero-order chi connectivity index (χ0) is 20.2. The Hall–Kier alpha value is -2.12. The van der Waals surface area contributed by atoms with Crippen molar-refractivity contribution in [2.75, 3.05) is 18.4 Å². The molecule has 0 radical (unpaired) electrons. The number of hydrogen-bond acceptors (Lipinski definition) is 3. The van der Waals surface area contributed by atoms with Gasteiger partial charge in [-0.1, -0.05) is 45.9 Å². The molecule has 1 heterocycles. The van der Waals surface area contributed by atoms with Crippen molar-refractivity contribution in [3.8, 4) is 0 Å². The summed E-state index contributed by atoms with van der Waals surface area (Å²) < 4.78 is 28.4. The number of benzene rings is 1. The van der Waals surface area contributed by atoms with E-state index in [1.54, 1.807) is 25.5 Å². The highest BCUT2D eigenvalue weighted by atomic mass is 32.2. The molecule has 0 fully saturated rings. The molecule has 0 bridgehead atoms. The molecule has 0 unspecified atom stereocenters. The van der Waals surface area contributed by atoms with E-state index in [9.17, 15) is 13.2 Å². The fraction of sp³-hybridized carbons (Fsp3) is 0.450. The Kier molecular flexibility index (Phi) is 6.84. The Bertz CT molecular complexity index is 890. The SMILES string of the molecule is CCc1cccc(CC)c1NC(=O)c1cc(S(=O)(=O)N(CC)CC)cn1C. The van der Waals surface area contributed by atoms with Gasteiger partial charge in [0.05, 0.1) is 0 Å². The topological polar surface area (TPSA) is 71.4 Å². The van der Waals surface area contributed by atoms with Crippen molar-refractivity contribution in [1.29, 1.82) is 0 Å². The van der Waals surface area contributed by atoms with Crippen LogP contribution < -0.4 is 5.32 Å². The summed E-state index contributed by atoms with van der Waals surface area (Å²) in [7, 11) is -1.92. The van der Waals surface area contributed by atoms with Gasteiger partial charge in [-0.25, -0.2) is 8.42 Å². The van der Waals surface area contributed by atoms with Crippen LogP contribution in [-0.4, -0.2) is 36.3 Å². The minimum atomic E-state index is -3.60. The Morgan fingerprint density at radius 1 is 1.07 bits per heavy atom. The van der Waals surface area contributed by atoms with E-state index in [2.05, 4.69) is 5.32 Å². The molecular weight excluding hydrogens is 362 g/mol. The highest BCUT2D eigenvalue weighted by molar-refractivity contribution is 7.89. The second-order valence-corrected chi connectivity index (χ2v) is 8.31. The summed E-state index contributed by atoms with van der Waals surface area (Å²) in [5, 5.41) is 2.99. The van der Waals surface area contributed by atoms with Gasteiger partial charge in [0.1, 0.15) is 10.6 Å². The van der Waals surface area contributed by atoms with Crippen molar-refractivity contribution in [2.45, 2.75) is 45.4 Å². The van der Waals surface area contributed by atoms with Crippen LogP contribution in [0.3, 0.4) is 0 Å². The Labute approximate surface area is 162 Å². The summed E-state index contributed by atoms with van der Waals surface area (Å²) in [4.78, 5) is 13.0. The normalized spacial score (nSPS) is 11.8. The number of aryl methyl sites for hydroxylation is 3. The summed E-state index contributed by atoms with van der Waals surface area (Å²) in [5.74, 6) is -0.311. The van der Waals surface area contributed by atoms with E-state index >= 15 is 0 Å². The van der Waals surface area contributed by atoms with Gasteiger partial charge in [0, 0.05) is 32.0 Å². The molecule has 148 valence electrons. The second-order valence-electron chi connectivity index (χ2n) is 6.37. The lowest BCUT2D eigenvalue weighted by atomic mass is 10.0. The number of sulfonamides is 1. The zero-order valence-electron chi connectivity index (χ0n) is 16.7. The minimum absolute atomic E-state index is 0.137. The maximum absolute atomic E-state index is 12.9. The van der Waals surface area contributed by atoms with Crippen molar-refractivity contribution in [1.82, 2.24) is 8.87 Å². The first-order valence-corrected chi connectivity index (χ1v) is 10.8. The third kappa shape index (κ3) is 4.25. The van der Waals surface area contributed by atoms with E-state index in [1.807, 2.05) is 32.0 Å². The monoisotopic (exact) mass is 391 g/mol. The molecule has 1 aromatic carbocycles. The first kappa shape index (κ1) is 21.2. The Morgan fingerprint density at radius 3 is 2.11 bits per heavy atom. The number of nitrogens with zero attached hydrogens (tertiary/aromatic N) is 2. The molecule has 0 aliphatic rings. The van der Waals surface area contributed by atoms with Crippen LogP contribution in [0.15, 0.2) is 35.4 Å². The smallest absolute Gasteiger partial charge is 0.272 e. The van der Waals surface area contributed by atoms with Crippen LogP contribution in [0.5, 0.6) is 0 Å². The third-order valence-corrected chi connectivity index (χ3v) is 6.81. The maximum atomic E-state index is 12.9. The van der Waals surface area contributed by atoms with Gasteiger partial charge in [0.2, 0.25) is 10.0 Å². The van der Waals surface area contributed by atoms with Crippen molar-refractivity contribution < 1.29 is 13.2 Å². The van der Waals surface area contributed by atoms with Crippen LogP contribution in [0, 0.1) is 0 Å². The van der Waals surface area contributed by atoms with Crippen LogP contribution in [0.25, 0.3) is 0 Å². The highest BCUT2D eigenvalue weighted by Gasteiger charge is 2.25. The number of hydrogen-bond donors (Lipinski definition) is 1. The molecule has 1 amide bonds. The minimum Gasteiger partial charge on any atom is -0.345 e. The zero-order valence-corrected chi connectivity index (χ0v) is 17.6. The molecule has 27 heavy (non-hydrogen) atoms. The predicted octanol–water partition coefficient (Wildman–Crippen LogP) is 3.43. The molecule has 6 nitrogen and oxygen atoms in total. The predicted molar refractivity (Wildman–Crippen MR) is 109 cm³/mol. The van der Waals surface area contributed by atoms with Crippen LogP contribution >= 0.6 is 0 Å². The van der Waals surface area contributed by atoms with Gasteiger partial charge in [-0.2, -0.15) is 4.31 Å². The van der Waals surface area contributed by atoms with E-state index in [0.717, 1.165) is 29.7 Å². The van der Waals surface area contributed by atoms with Crippen molar-refractivity contribution in [3.63, 3.8) is 0 Å². The van der Waals surface area contributed by atoms with Crippen LogP contribution in [-0.2, 0) is 29.9 Å². The molecule has 7 heteroatoms. The molecule has 0 saturated heterocycles. The number of carbonyl (C=O) groups excluding carboxylic acids is 1. The number of anilines is 1. The van der Waals surface area contributed by atoms with Crippen LogP contribution in [0.2, 0.25) is 0 Å². The number of rotatable bonds is 8. The molecule has 0 saturated carbocycles. The lowest BCUT2D eigenvalue weighted by molar-refractivity contribution is 0.101. The second kappa shape index (κ2) is 8.71. The summed E-state index contributed by atoms with van der Waals surface area (Å²) >= 11 is 0. The van der Waals surface area contributed by atoms with Gasteiger partial charge >= 0.3 is 0 Å². The maximum Gasteiger partial charge on any atom is 0.272 e. The first-order chi connectivity index (χ1) is 12.8. The molecule has 1 N–H and O–H groups in total. The molecular formula is C20H29N3O3S. The van der Waals surface area contributed by atoms with Crippen molar-refractivity contribution >= 4 is 21.6 Å². The molecule has 0 aliphatic heterocycles. The summed E-state index contributed by atoms with van der Waals surface area (Å²) in [6.45, 7) is 8.46. The highest BCUT2D eigenvalue weighted by Crippen LogP contribution is 2.24. The average Bonchev–Trinajstić information content (AvgIpc) is 3.05. The summed E-state index contributed by atoms with van der Waals surface area (Å²) in [6.07, 6.45) is 3.10. The quantitative estimate of drug-likeness (QED) is 0.749. The summed E-state index contributed by atoms with van der Waals surface area (Å²) in [6, 6.07) is 7.43. The van der Waals surface area contributed by atoms with Gasteiger partial charge < -0.3 is 9.88 Å². The van der Waals surface area contributed by atoms with Crippen molar-refractivity contribution in [3.05, 3.63) is 47.3 Å². The average molecular weight is 392 g/mol. The number of amides is 1. The third-order valence-electron chi connectivity index (χ3n) is 4.79. The molecule has 0 atom stereocenters. The molecule has 1 aromatic heterocycles. The van der Waals surface area contributed by atoms with E-state index < -0.39 is 10.0 Å². The van der Waals surface area contributed by atoms with Crippen LogP contribution in [0.4, 0.5) is 5.69 Å². The van der Waals surface area contributed by atoms with Crippen LogP contribution in [0.1, 0.15) is 49.3 Å². The lowest BCUT2D eigenvalue weighted by Gasteiger charge is -2.17. The molecule has 0 aliphatic carbocycles. The molecule has 2 rings (SSSR count).